The van der Waals surface area contributed by atoms with Crippen molar-refractivity contribution < 1.29 is 14.3 Å². The summed E-state index contributed by atoms with van der Waals surface area (Å²) < 4.78 is 5.29. The monoisotopic (exact) mass is 357 g/mol. The van der Waals surface area contributed by atoms with Crippen molar-refractivity contribution in [2.75, 3.05) is 17.2 Å². The third kappa shape index (κ3) is 2.89. The van der Waals surface area contributed by atoms with Gasteiger partial charge in [-0.15, -0.1) is 22.7 Å². The Kier molecular flexibility index (Phi) is 3.75. The van der Waals surface area contributed by atoms with Crippen LogP contribution < -0.4 is 15.4 Å². The molecule has 6 nitrogen and oxygen atoms in total. The lowest BCUT2D eigenvalue weighted by Gasteiger charge is -2.18. The molecule has 4 rings (SSSR count). The molecule has 3 heterocycles. The zero-order chi connectivity index (χ0) is 16.5. The number of nitrogens with zero attached hydrogens (tertiary/aromatic N) is 1. The number of hydrogen-bond acceptors (Lipinski definition) is 6. The standard InChI is InChI=1S/C16H11N3O3S2/c20-14-7-22-12-4-3-9(6-10(12)18-14)17-15(21)11-8-24-16(19-11)13-2-1-5-23-13/h1-6,8H,7H2,(H,17,21)(H,18,20). The first-order valence-electron chi connectivity index (χ1n) is 7.06. The quantitative estimate of drug-likeness (QED) is 0.752. The van der Waals surface area contributed by atoms with E-state index < -0.39 is 0 Å². The Balaban J connectivity index is 1.52. The number of ether oxygens (including phenoxy) is 1. The van der Waals surface area contributed by atoms with Gasteiger partial charge in [0.25, 0.3) is 11.8 Å². The molecule has 24 heavy (non-hydrogen) atoms. The molecule has 1 aliphatic heterocycles. The molecule has 3 aromatic rings. The number of hydrogen-bond donors (Lipinski definition) is 2. The van der Waals surface area contributed by atoms with E-state index in [0.717, 1.165) is 9.88 Å². The van der Waals surface area contributed by atoms with Crippen LogP contribution in [0.4, 0.5) is 11.4 Å². The number of carbonyl (C=O) groups excluding carboxylic acids is 2. The number of nitrogens with one attached hydrogen (secondary N) is 2. The number of rotatable bonds is 3. The Morgan fingerprint density at radius 1 is 1.29 bits per heavy atom. The molecule has 8 heteroatoms. The van der Waals surface area contributed by atoms with E-state index in [4.69, 9.17) is 4.74 Å². The van der Waals surface area contributed by atoms with Crippen LogP contribution in [0, 0.1) is 0 Å². The molecule has 0 saturated heterocycles. The molecule has 0 aliphatic carbocycles. The number of anilines is 2. The molecule has 0 atom stereocenters. The van der Waals surface area contributed by atoms with Gasteiger partial charge in [-0.2, -0.15) is 0 Å². The molecular formula is C16H11N3O3S2. The van der Waals surface area contributed by atoms with E-state index >= 15 is 0 Å². The predicted molar refractivity (Wildman–Crippen MR) is 93.9 cm³/mol. The fraction of sp³-hybridized carbons (Fsp3) is 0.0625. The molecule has 0 saturated carbocycles. The lowest BCUT2D eigenvalue weighted by Crippen LogP contribution is -2.25. The number of benzene rings is 1. The van der Waals surface area contributed by atoms with Gasteiger partial charge in [-0.05, 0) is 29.6 Å². The molecule has 0 spiro atoms. The summed E-state index contributed by atoms with van der Waals surface area (Å²) in [6.45, 7) is 0.00300. The number of fused-ring (bicyclic) bond motifs is 1. The lowest BCUT2D eigenvalue weighted by atomic mass is 10.2. The van der Waals surface area contributed by atoms with Gasteiger partial charge in [0.2, 0.25) is 0 Å². The summed E-state index contributed by atoms with van der Waals surface area (Å²) in [5.41, 5.74) is 1.47. The largest absolute Gasteiger partial charge is 0.482 e. The van der Waals surface area contributed by atoms with Gasteiger partial charge >= 0.3 is 0 Å². The van der Waals surface area contributed by atoms with E-state index in [9.17, 15) is 9.59 Å². The maximum Gasteiger partial charge on any atom is 0.275 e. The highest BCUT2D eigenvalue weighted by molar-refractivity contribution is 7.20. The molecule has 1 aliphatic rings. The Morgan fingerprint density at radius 2 is 2.21 bits per heavy atom. The molecule has 0 bridgehead atoms. The van der Waals surface area contributed by atoms with Crippen LogP contribution in [0.5, 0.6) is 5.75 Å². The van der Waals surface area contributed by atoms with Crippen molar-refractivity contribution in [2.45, 2.75) is 0 Å². The Morgan fingerprint density at radius 3 is 3.04 bits per heavy atom. The van der Waals surface area contributed by atoms with Crippen LogP contribution in [0.3, 0.4) is 0 Å². The number of amides is 2. The van der Waals surface area contributed by atoms with Crippen LogP contribution in [0.15, 0.2) is 41.1 Å². The summed E-state index contributed by atoms with van der Waals surface area (Å²) in [7, 11) is 0. The normalized spacial score (nSPS) is 12.9. The predicted octanol–water partition coefficient (Wildman–Crippen LogP) is 3.45. The number of thiophene rings is 1. The maximum atomic E-state index is 12.3. The van der Waals surface area contributed by atoms with Gasteiger partial charge in [0, 0.05) is 11.1 Å². The number of thiazole rings is 1. The van der Waals surface area contributed by atoms with Crippen LogP contribution in [0.2, 0.25) is 0 Å². The average molecular weight is 357 g/mol. The van der Waals surface area contributed by atoms with Crippen molar-refractivity contribution in [3.05, 3.63) is 46.8 Å². The van der Waals surface area contributed by atoms with E-state index in [2.05, 4.69) is 15.6 Å². The summed E-state index contributed by atoms with van der Waals surface area (Å²) in [5, 5.41) is 10.0. The lowest BCUT2D eigenvalue weighted by molar-refractivity contribution is -0.118. The van der Waals surface area contributed by atoms with Crippen molar-refractivity contribution in [1.29, 1.82) is 0 Å². The molecule has 120 valence electrons. The smallest absolute Gasteiger partial charge is 0.275 e. The van der Waals surface area contributed by atoms with Crippen molar-refractivity contribution in [3.8, 4) is 15.6 Å². The Bertz CT molecular complexity index is 919. The van der Waals surface area contributed by atoms with Gasteiger partial charge in [-0.25, -0.2) is 4.98 Å². The summed E-state index contributed by atoms with van der Waals surface area (Å²) in [6, 6.07) is 9.02. The molecule has 0 unspecified atom stereocenters. The first-order valence-corrected chi connectivity index (χ1v) is 8.82. The maximum absolute atomic E-state index is 12.3. The first-order chi connectivity index (χ1) is 11.7. The molecule has 0 radical (unpaired) electrons. The zero-order valence-electron chi connectivity index (χ0n) is 12.2. The van der Waals surface area contributed by atoms with E-state index in [1.54, 1.807) is 34.9 Å². The summed E-state index contributed by atoms with van der Waals surface area (Å²) in [4.78, 5) is 29.1. The van der Waals surface area contributed by atoms with E-state index in [1.165, 1.54) is 11.3 Å². The molecule has 1 aromatic carbocycles. The molecule has 0 fully saturated rings. The van der Waals surface area contributed by atoms with Gasteiger partial charge in [0.05, 0.1) is 10.6 Å². The van der Waals surface area contributed by atoms with Gasteiger partial charge in [0.1, 0.15) is 16.5 Å². The SMILES string of the molecule is O=C1COc2ccc(NC(=O)c3csc(-c4cccs4)n3)cc2N1. The van der Waals surface area contributed by atoms with Crippen molar-refractivity contribution >= 4 is 45.9 Å². The van der Waals surface area contributed by atoms with Crippen LogP contribution >= 0.6 is 22.7 Å². The summed E-state index contributed by atoms with van der Waals surface area (Å²) >= 11 is 3.01. The highest BCUT2D eigenvalue weighted by Gasteiger charge is 2.17. The minimum absolute atomic E-state index is 0.00300. The van der Waals surface area contributed by atoms with Crippen molar-refractivity contribution in [3.63, 3.8) is 0 Å². The fourth-order valence-corrected chi connectivity index (χ4v) is 3.86. The second kappa shape index (κ2) is 6.06. The van der Waals surface area contributed by atoms with E-state index in [-0.39, 0.29) is 18.4 Å². The van der Waals surface area contributed by atoms with Crippen molar-refractivity contribution in [1.82, 2.24) is 4.98 Å². The van der Waals surface area contributed by atoms with Crippen LogP contribution in [0.1, 0.15) is 10.5 Å². The van der Waals surface area contributed by atoms with Crippen molar-refractivity contribution in [2.24, 2.45) is 0 Å². The summed E-state index contributed by atoms with van der Waals surface area (Å²) in [5.74, 6) is 0.0735. The Hall–Kier alpha value is -2.71. The number of carbonyl (C=O) groups is 2. The molecule has 2 N–H and O–H groups in total. The van der Waals surface area contributed by atoms with E-state index in [0.29, 0.717) is 22.8 Å². The number of aromatic nitrogens is 1. The molecule has 2 aromatic heterocycles. The van der Waals surface area contributed by atoms with Gasteiger partial charge in [-0.3, -0.25) is 9.59 Å². The summed E-state index contributed by atoms with van der Waals surface area (Å²) in [6.07, 6.45) is 0. The Labute approximate surface area is 145 Å². The third-order valence-corrected chi connectivity index (χ3v) is 5.22. The molecule has 2 amide bonds. The molecular weight excluding hydrogens is 346 g/mol. The first kappa shape index (κ1) is 14.9. The van der Waals surface area contributed by atoms with Gasteiger partial charge in [0.15, 0.2) is 6.61 Å². The van der Waals surface area contributed by atoms with Gasteiger partial charge in [-0.1, -0.05) is 6.07 Å². The highest BCUT2D eigenvalue weighted by Crippen LogP contribution is 2.31. The second-order valence-electron chi connectivity index (χ2n) is 5.02. The highest BCUT2D eigenvalue weighted by atomic mass is 32.1. The third-order valence-electron chi connectivity index (χ3n) is 3.34. The zero-order valence-corrected chi connectivity index (χ0v) is 13.9. The van der Waals surface area contributed by atoms with Crippen LogP contribution in [-0.2, 0) is 4.79 Å². The minimum atomic E-state index is -0.294. The topological polar surface area (TPSA) is 80.3 Å². The minimum Gasteiger partial charge on any atom is -0.482 e. The van der Waals surface area contributed by atoms with E-state index in [1.807, 2.05) is 17.5 Å². The second-order valence-corrected chi connectivity index (χ2v) is 6.82. The van der Waals surface area contributed by atoms with Crippen LogP contribution in [-0.4, -0.2) is 23.4 Å². The van der Waals surface area contributed by atoms with Crippen LogP contribution in [0.25, 0.3) is 9.88 Å². The average Bonchev–Trinajstić information content (AvgIpc) is 3.25. The fourth-order valence-electron chi connectivity index (χ4n) is 2.25. The van der Waals surface area contributed by atoms with Gasteiger partial charge < -0.3 is 15.4 Å².